The summed E-state index contributed by atoms with van der Waals surface area (Å²) in [5.41, 5.74) is 5.26. The van der Waals surface area contributed by atoms with E-state index >= 15 is 0 Å². The van der Waals surface area contributed by atoms with Crippen molar-refractivity contribution in [1.29, 1.82) is 0 Å². The number of methoxy groups -OCH3 is 1. The van der Waals surface area contributed by atoms with E-state index in [1.54, 1.807) is 12.0 Å². The Balaban J connectivity index is 4.12. The number of primary amides is 1. The summed E-state index contributed by atoms with van der Waals surface area (Å²) in [6.45, 7) is 5.23. The Morgan fingerprint density at radius 2 is 2.00 bits per heavy atom. The smallest absolute Gasteiger partial charge is 0.315 e. The number of nitrogens with zero attached hydrogens (tertiary/aromatic N) is 1. The molecule has 0 aromatic heterocycles. The molecule has 2 N–H and O–H groups in total. The second-order valence-corrected chi connectivity index (χ2v) is 2.99. The number of amides is 2. The number of carbonyl (C=O) groups excluding carboxylic acids is 1. The van der Waals surface area contributed by atoms with Crippen LogP contribution in [0.2, 0.25) is 0 Å². The summed E-state index contributed by atoms with van der Waals surface area (Å²) < 4.78 is 4.91. The zero-order valence-corrected chi connectivity index (χ0v) is 8.75. The first kappa shape index (κ1) is 12.2. The van der Waals surface area contributed by atoms with Gasteiger partial charge in [0.2, 0.25) is 0 Å². The van der Waals surface area contributed by atoms with Crippen molar-refractivity contribution in [3.05, 3.63) is 0 Å². The third kappa shape index (κ3) is 4.12. The number of rotatable bonds is 6. The number of ether oxygens (including phenoxy) is 1. The van der Waals surface area contributed by atoms with Crippen LogP contribution in [-0.2, 0) is 4.74 Å². The van der Waals surface area contributed by atoms with Gasteiger partial charge in [-0.3, -0.25) is 0 Å². The Hall–Kier alpha value is -0.770. The minimum atomic E-state index is -0.356. The Kier molecular flexibility index (Phi) is 6.32. The van der Waals surface area contributed by atoms with E-state index < -0.39 is 0 Å². The maximum atomic E-state index is 11.1. The van der Waals surface area contributed by atoms with Crippen LogP contribution in [0.25, 0.3) is 0 Å². The van der Waals surface area contributed by atoms with Crippen molar-refractivity contribution in [1.82, 2.24) is 4.90 Å². The van der Waals surface area contributed by atoms with Crippen LogP contribution >= 0.6 is 0 Å². The molecule has 0 fully saturated rings. The second kappa shape index (κ2) is 6.71. The van der Waals surface area contributed by atoms with E-state index in [4.69, 9.17) is 10.5 Å². The minimum absolute atomic E-state index is 0.243. The van der Waals surface area contributed by atoms with Crippen molar-refractivity contribution in [2.45, 2.75) is 32.7 Å². The lowest BCUT2D eigenvalue weighted by Gasteiger charge is -2.28. The van der Waals surface area contributed by atoms with E-state index in [1.807, 2.05) is 0 Å². The Bertz CT molecular complexity index is 147. The summed E-state index contributed by atoms with van der Waals surface area (Å²) in [5.74, 6) is 0. The van der Waals surface area contributed by atoms with Crippen LogP contribution in [0, 0.1) is 0 Å². The van der Waals surface area contributed by atoms with Crippen LogP contribution < -0.4 is 5.73 Å². The van der Waals surface area contributed by atoms with Gasteiger partial charge in [-0.25, -0.2) is 4.79 Å². The highest BCUT2D eigenvalue weighted by atomic mass is 16.5. The summed E-state index contributed by atoms with van der Waals surface area (Å²) in [7, 11) is 1.62. The molecule has 0 saturated carbocycles. The van der Waals surface area contributed by atoms with Crippen LogP contribution in [-0.4, -0.2) is 37.2 Å². The fourth-order valence-corrected chi connectivity index (χ4v) is 1.39. The van der Waals surface area contributed by atoms with Gasteiger partial charge in [-0.15, -0.1) is 0 Å². The van der Waals surface area contributed by atoms with Crippen LogP contribution in [0.3, 0.4) is 0 Å². The van der Waals surface area contributed by atoms with Crippen LogP contribution in [0.5, 0.6) is 0 Å². The fraction of sp³-hybridized carbons (Fsp3) is 0.889. The van der Waals surface area contributed by atoms with Gasteiger partial charge < -0.3 is 15.4 Å². The summed E-state index contributed by atoms with van der Waals surface area (Å²) in [6, 6.07) is -0.113. The van der Waals surface area contributed by atoms with Gasteiger partial charge in [0.1, 0.15) is 0 Å². The monoisotopic (exact) mass is 188 g/mol. The lowest BCUT2D eigenvalue weighted by molar-refractivity contribution is 0.130. The molecule has 0 unspecified atom stereocenters. The maximum Gasteiger partial charge on any atom is 0.315 e. The molecule has 0 radical (unpaired) electrons. The summed E-state index contributed by atoms with van der Waals surface area (Å²) in [4.78, 5) is 12.7. The number of hydrogen-bond acceptors (Lipinski definition) is 2. The SMILES string of the molecule is CCC(CC)N(CCOC)C(N)=O. The molecule has 13 heavy (non-hydrogen) atoms. The molecule has 4 heteroatoms. The molecular weight excluding hydrogens is 168 g/mol. The van der Waals surface area contributed by atoms with E-state index in [1.165, 1.54) is 0 Å². The number of hydrogen-bond donors (Lipinski definition) is 1. The number of carbonyl (C=O) groups is 1. The van der Waals surface area contributed by atoms with Gasteiger partial charge in [0.15, 0.2) is 0 Å². The van der Waals surface area contributed by atoms with Gasteiger partial charge >= 0.3 is 6.03 Å². The van der Waals surface area contributed by atoms with E-state index in [2.05, 4.69) is 13.8 Å². The molecule has 0 aliphatic rings. The Morgan fingerprint density at radius 3 is 2.31 bits per heavy atom. The van der Waals surface area contributed by atoms with Crippen molar-refractivity contribution < 1.29 is 9.53 Å². The third-order valence-corrected chi connectivity index (χ3v) is 2.20. The average molecular weight is 188 g/mol. The van der Waals surface area contributed by atoms with Gasteiger partial charge in [-0.05, 0) is 12.8 Å². The zero-order valence-electron chi connectivity index (χ0n) is 8.75. The minimum Gasteiger partial charge on any atom is -0.383 e. The summed E-state index contributed by atoms with van der Waals surface area (Å²) in [6.07, 6.45) is 1.87. The van der Waals surface area contributed by atoms with Crippen LogP contribution in [0.15, 0.2) is 0 Å². The highest BCUT2D eigenvalue weighted by Gasteiger charge is 2.17. The van der Waals surface area contributed by atoms with Gasteiger partial charge in [0.25, 0.3) is 0 Å². The largest absolute Gasteiger partial charge is 0.383 e. The van der Waals surface area contributed by atoms with Crippen molar-refractivity contribution >= 4 is 6.03 Å². The molecule has 4 nitrogen and oxygen atoms in total. The lowest BCUT2D eigenvalue weighted by atomic mass is 10.1. The van der Waals surface area contributed by atoms with Gasteiger partial charge in [0, 0.05) is 19.7 Å². The van der Waals surface area contributed by atoms with Crippen LogP contribution in [0.1, 0.15) is 26.7 Å². The molecule has 0 bridgehead atoms. The Labute approximate surface area is 80.0 Å². The lowest BCUT2D eigenvalue weighted by Crippen LogP contribution is -2.44. The van der Waals surface area contributed by atoms with Crippen molar-refractivity contribution in [2.24, 2.45) is 5.73 Å². The molecule has 0 rings (SSSR count). The topological polar surface area (TPSA) is 55.6 Å². The van der Waals surface area contributed by atoms with Gasteiger partial charge in [0.05, 0.1) is 6.61 Å². The quantitative estimate of drug-likeness (QED) is 0.681. The molecule has 0 aromatic rings. The van der Waals surface area contributed by atoms with Gasteiger partial charge in [-0.2, -0.15) is 0 Å². The summed E-state index contributed by atoms with van der Waals surface area (Å²) >= 11 is 0. The van der Waals surface area contributed by atoms with Crippen LogP contribution in [0.4, 0.5) is 4.79 Å². The van der Waals surface area contributed by atoms with Gasteiger partial charge in [-0.1, -0.05) is 13.8 Å². The molecule has 0 aliphatic heterocycles. The molecule has 0 spiro atoms. The predicted molar refractivity (Wildman–Crippen MR) is 52.5 cm³/mol. The standard InChI is InChI=1S/C9H20N2O2/c1-4-8(5-2)11(9(10)12)6-7-13-3/h8H,4-7H2,1-3H3,(H2,10,12). The third-order valence-electron chi connectivity index (χ3n) is 2.20. The predicted octanol–water partition coefficient (Wildman–Crippen LogP) is 1.20. The highest BCUT2D eigenvalue weighted by Crippen LogP contribution is 2.07. The molecule has 0 aromatic carbocycles. The van der Waals surface area contributed by atoms with Crippen molar-refractivity contribution in [2.75, 3.05) is 20.3 Å². The maximum absolute atomic E-state index is 11.1. The fourth-order valence-electron chi connectivity index (χ4n) is 1.39. The number of nitrogens with two attached hydrogens (primary N) is 1. The van der Waals surface area contributed by atoms with E-state index in [0.29, 0.717) is 13.2 Å². The second-order valence-electron chi connectivity index (χ2n) is 2.99. The summed E-state index contributed by atoms with van der Waals surface area (Å²) in [5, 5.41) is 0. The Morgan fingerprint density at radius 1 is 1.46 bits per heavy atom. The molecule has 0 aliphatic carbocycles. The molecule has 78 valence electrons. The molecule has 0 saturated heterocycles. The highest BCUT2D eigenvalue weighted by molar-refractivity contribution is 5.72. The van der Waals surface area contributed by atoms with Crippen molar-refractivity contribution in [3.8, 4) is 0 Å². The van der Waals surface area contributed by atoms with Crippen molar-refractivity contribution in [3.63, 3.8) is 0 Å². The molecule has 0 atom stereocenters. The average Bonchev–Trinajstić information content (AvgIpc) is 2.11. The van der Waals surface area contributed by atoms with E-state index in [9.17, 15) is 4.79 Å². The normalized spacial score (nSPS) is 10.5. The zero-order chi connectivity index (χ0) is 10.3. The first-order valence-corrected chi connectivity index (χ1v) is 4.72. The molecular formula is C9H20N2O2. The number of urea groups is 1. The first-order valence-electron chi connectivity index (χ1n) is 4.72. The molecule has 0 heterocycles. The van der Waals surface area contributed by atoms with E-state index in [-0.39, 0.29) is 12.1 Å². The van der Waals surface area contributed by atoms with E-state index in [0.717, 1.165) is 12.8 Å². The molecule has 2 amide bonds. The first-order chi connectivity index (χ1) is 6.17.